The summed E-state index contributed by atoms with van der Waals surface area (Å²) in [7, 11) is 0. The molecule has 4 saturated heterocycles. The van der Waals surface area contributed by atoms with E-state index in [0.717, 1.165) is 69.7 Å². The van der Waals surface area contributed by atoms with Gasteiger partial charge in [-0.3, -0.25) is 0 Å². The fraction of sp³-hybridized carbons (Fsp3) is 0.459. The zero-order valence-corrected chi connectivity index (χ0v) is 27.3. The standard InChI is InChI=1S/C37H40F4N8/c38-23-18-31-29(44-36(46-31)27-6-4-10-42-27)16-21(23)33-8-9-34(22-17-30-32(19-24(22)39)47-37(45-30)28-7-5-11-43-28)49(33)20-14-25(40)35(26(41)15-20)48-12-2-1-3-13-48/h14-19,27-28,33-34,42-43H,1-13H2,(H,44,46)(H,45,47)/t27-,28-,33+,34?/m0/s1. The lowest BCUT2D eigenvalue weighted by Crippen LogP contribution is -2.32. The summed E-state index contributed by atoms with van der Waals surface area (Å²) >= 11 is 0. The molecule has 49 heavy (non-hydrogen) atoms. The van der Waals surface area contributed by atoms with Crippen LogP contribution in [0.4, 0.5) is 28.9 Å². The second-order valence-electron chi connectivity index (χ2n) is 14.1. The number of hydrogen-bond acceptors (Lipinski definition) is 6. The van der Waals surface area contributed by atoms with Crippen LogP contribution in [-0.4, -0.2) is 46.1 Å². The van der Waals surface area contributed by atoms with Crippen molar-refractivity contribution in [1.29, 1.82) is 0 Å². The molecule has 0 saturated carbocycles. The summed E-state index contributed by atoms with van der Waals surface area (Å²) in [5.74, 6) is -0.709. The first-order chi connectivity index (χ1) is 23.9. The van der Waals surface area contributed by atoms with Crippen LogP contribution in [0.2, 0.25) is 0 Å². The van der Waals surface area contributed by atoms with Gasteiger partial charge in [-0.05, 0) is 95.1 Å². The molecule has 0 spiro atoms. The number of benzene rings is 3. The van der Waals surface area contributed by atoms with Crippen molar-refractivity contribution in [1.82, 2.24) is 30.6 Å². The van der Waals surface area contributed by atoms with Crippen molar-refractivity contribution in [2.75, 3.05) is 36.0 Å². The van der Waals surface area contributed by atoms with Crippen molar-refractivity contribution < 1.29 is 17.6 Å². The Hall–Kier alpha value is -4.16. The van der Waals surface area contributed by atoms with Gasteiger partial charge < -0.3 is 30.4 Å². The van der Waals surface area contributed by atoms with Crippen molar-refractivity contribution in [2.45, 2.75) is 82.0 Å². The number of halogens is 4. The lowest BCUT2D eigenvalue weighted by Gasteiger charge is -2.35. The highest BCUT2D eigenvalue weighted by molar-refractivity contribution is 5.78. The Morgan fingerprint density at radius 2 is 1.08 bits per heavy atom. The molecule has 1 unspecified atom stereocenters. The molecule has 0 radical (unpaired) electrons. The molecular weight excluding hydrogens is 632 g/mol. The lowest BCUT2D eigenvalue weighted by molar-refractivity contribution is 0.527. The molecule has 0 aliphatic carbocycles. The Balaban J connectivity index is 1.14. The van der Waals surface area contributed by atoms with Crippen LogP contribution in [0.15, 0.2) is 36.4 Å². The molecule has 3 aromatic carbocycles. The number of aromatic amines is 2. The van der Waals surface area contributed by atoms with Crippen molar-refractivity contribution in [3.63, 3.8) is 0 Å². The Morgan fingerprint density at radius 1 is 0.571 bits per heavy atom. The van der Waals surface area contributed by atoms with E-state index in [0.29, 0.717) is 59.1 Å². The molecule has 4 fully saturated rings. The smallest absolute Gasteiger partial charge is 0.151 e. The molecule has 0 bridgehead atoms. The minimum atomic E-state index is -0.669. The van der Waals surface area contributed by atoms with Gasteiger partial charge in [-0.15, -0.1) is 0 Å². The normalized spacial score (nSPS) is 24.7. The lowest BCUT2D eigenvalue weighted by atomic mass is 10.0. The number of piperidine rings is 1. The zero-order chi connectivity index (χ0) is 33.2. The summed E-state index contributed by atoms with van der Waals surface area (Å²) < 4.78 is 64.3. The van der Waals surface area contributed by atoms with E-state index in [-0.39, 0.29) is 23.5 Å². The van der Waals surface area contributed by atoms with E-state index >= 15 is 17.6 Å². The summed E-state index contributed by atoms with van der Waals surface area (Å²) in [6, 6.07) is 8.02. The van der Waals surface area contributed by atoms with Crippen LogP contribution in [0, 0.1) is 23.3 Å². The van der Waals surface area contributed by atoms with Crippen molar-refractivity contribution in [3.05, 3.63) is 82.4 Å². The number of rotatable bonds is 6. The maximum Gasteiger partial charge on any atom is 0.151 e. The summed E-state index contributed by atoms with van der Waals surface area (Å²) in [6.45, 7) is 2.99. The van der Waals surface area contributed by atoms with Gasteiger partial charge >= 0.3 is 0 Å². The summed E-state index contributed by atoms with van der Waals surface area (Å²) in [4.78, 5) is 19.7. The first-order valence-electron chi connectivity index (χ1n) is 17.8. The Labute approximate surface area is 281 Å². The van der Waals surface area contributed by atoms with E-state index in [4.69, 9.17) is 0 Å². The molecule has 4 aliphatic heterocycles. The highest BCUT2D eigenvalue weighted by atomic mass is 19.1. The average Bonchev–Trinajstić information content (AvgIpc) is 3.93. The third kappa shape index (κ3) is 5.43. The molecule has 9 rings (SSSR count). The molecule has 2 aromatic heterocycles. The molecule has 4 aliphatic rings. The Bertz CT molecular complexity index is 1890. The highest BCUT2D eigenvalue weighted by Gasteiger charge is 2.40. The largest absolute Gasteiger partial charge is 0.367 e. The van der Waals surface area contributed by atoms with Crippen LogP contribution in [0.5, 0.6) is 0 Å². The average molecular weight is 673 g/mol. The van der Waals surface area contributed by atoms with Crippen LogP contribution < -0.4 is 20.4 Å². The van der Waals surface area contributed by atoms with Crippen LogP contribution >= 0.6 is 0 Å². The summed E-state index contributed by atoms with van der Waals surface area (Å²) in [6.07, 6.45) is 7.67. The maximum absolute atomic E-state index is 16.1. The second kappa shape index (κ2) is 12.3. The summed E-state index contributed by atoms with van der Waals surface area (Å²) in [5.41, 5.74) is 3.41. The minimum absolute atomic E-state index is 0.0352. The van der Waals surface area contributed by atoms with E-state index in [1.54, 1.807) is 17.0 Å². The van der Waals surface area contributed by atoms with Gasteiger partial charge in [0.2, 0.25) is 0 Å². The van der Waals surface area contributed by atoms with Gasteiger partial charge in [0.15, 0.2) is 11.6 Å². The molecule has 12 heteroatoms. The third-order valence-corrected chi connectivity index (χ3v) is 11.1. The highest BCUT2D eigenvalue weighted by Crippen LogP contribution is 2.50. The monoisotopic (exact) mass is 672 g/mol. The predicted octanol–water partition coefficient (Wildman–Crippen LogP) is 7.92. The first kappa shape index (κ1) is 30.9. The topological polar surface area (TPSA) is 87.9 Å². The number of anilines is 2. The number of imidazole rings is 2. The SMILES string of the molecule is Fc1cc2nc([C@@H]3CCCN3)[nH]c2cc1C1CC[C@H](c2cc3[nH]c([C@@H]4CCCN4)nc3cc2F)N1c1cc(F)c(N2CCCCC2)c(F)c1. The van der Waals surface area contributed by atoms with E-state index in [1.165, 1.54) is 24.3 Å². The Morgan fingerprint density at radius 3 is 1.55 bits per heavy atom. The number of nitrogens with zero attached hydrogens (tertiary/aromatic N) is 4. The number of nitrogens with one attached hydrogen (secondary N) is 4. The molecule has 256 valence electrons. The zero-order valence-electron chi connectivity index (χ0n) is 27.3. The third-order valence-electron chi connectivity index (χ3n) is 11.1. The number of aromatic nitrogens is 4. The van der Waals surface area contributed by atoms with E-state index in [9.17, 15) is 0 Å². The number of H-pyrrole nitrogens is 2. The van der Waals surface area contributed by atoms with Crippen LogP contribution in [0.1, 0.15) is 105 Å². The fourth-order valence-corrected chi connectivity index (χ4v) is 8.71. The van der Waals surface area contributed by atoms with Gasteiger partial charge in [0.25, 0.3) is 0 Å². The second-order valence-corrected chi connectivity index (χ2v) is 14.1. The first-order valence-corrected chi connectivity index (χ1v) is 17.8. The van der Waals surface area contributed by atoms with Gasteiger partial charge in [0.05, 0.1) is 46.2 Å². The fourth-order valence-electron chi connectivity index (χ4n) is 8.71. The van der Waals surface area contributed by atoms with Crippen LogP contribution in [0.3, 0.4) is 0 Å². The van der Waals surface area contributed by atoms with Crippen molar-refractivity contribution in [3.8, 4) is 0 Å². The van der Waals surface area contributed by atoms with Gasteiger partial charge in [0.1, 0.15) is 29.0 Å². The molecule has 5 aromatic rings. The van der Waals surface area contributed by atoms with E-state index < -0.39 is 35.4 Å². The van der Waals surface area contributed by atoms with Gasteiger partial charge in [-0.25, -0.2) is 27.5 Å². The molecule has 4 atom stereocenters. The van der Waals surface area contributed by atoms with Gasteiger partial charge in [-0.1, -0.05) is 0 Å². The molecule has 4 N–H and O–H groups in total. The number of hydrogen-bond donors (Lipinski definition) is 4. The van der Waals surface area contributed by atoms with Gasteiger partial charge in [-0.2, -0.15) is 0 Å². The van der Waals surface area contributed by atoms with Crippen molar-refractivity contribution in [2.24, 2.45) is 0 Å². The molecule has 0 amide bonds. The Kier molecular flexibility index (Phi) is 7.76. The minimum Gasteiger partial charge on any atom is -0.367 e. The summed E-state index contributed by atoms with van der Waals surface area (Å²) in [5, 5.41) is 6.86. The van der Waals surface area contributed by atoms with Gasteiger partial charge in [0, 0.05) is 42.0 Å². The molecule has 8 nitrogen and oxygen atoms in total. The van der Waals surface area contributed by atoms with E-state index in [2.05, 4.69) is 30.6 Å². The van der Waals surface area contributed by atoms with Crippen molar-refractivity contribution >= 4 is 33.4 Å². The van der Waals surface area contributed by atoms with Crippen LogP contribution in [0.25, 0.3) is 22.1 Å². The van der Waals surface area contributed by atoms with Crippen LogP contribution in [-0.2, 0) is 0 Å². The quantitative estimate of drug-likeness (QED) is 0.137. The molecule has 6 heterocycles. The number of fused-ring (bicyclic) bond motifs is 2. The maximum atomic E-state index is 16.1. The molecular formula is C37H40F4N8. The predicted molar refractivity (Wildman–Crippen MR) is 182 cm³/mol. The van der Waals surface area contributed by atoms with E-state index in [1.807, 2.05) is 4.90 Å².